The monoisotopic (exact) mass is 208 g/mol. The van der Waals surface area contributed by atoms with Gasteiger partial charge in [-0.2, -0.15) is 12.6 Å². The molecular formula is C9H8N2O2S. The van der Waals surface area contributed by atoms with Crippen molar-refractivity contribution in [1.82, 2.24) is 4.98 Å². The maximum Gasteiger partial charge on any atom is 0.356 e. The Bertz CT molecular complexity index is 421. The standard InChI is InChI=1S/C9H8N2O2S/c10-7-4-6(2-1-3-14)5-11-8(7)9(12)13/h4-5,14H,3,10H2,(H,12,13). The van der Waals surface area contributed by atoms with E-state index in [9.17, 15) is 4.79 Å². The lowest BCUT2D eigenvalue weighted by molar-refractivity contribution is 0.0692. The number of carboxylic acid groups (broad SMARTS) is 1. The van der Waals surface area contributed by atoms with Gasteiger partial charge < -0.3 is 10.8 Å². The third-order valence-electron chi connectivity index (χ3n) is 1.43. The summed E-state index contributed by atoms with van der Waals surface area (Å²) in [5.41, 5.74) is 6.01. The summed E-state index contributed by atoms with van der Waals surface area (Å²) < 4.78 is 0. The van der Waals surface area contributed by atoms with Gasteiger partial charge in [-0.3, -0.25) is 0 Å². The molecule has 5 heteroatoms. The van der Waals surface area contributed by atoms with Gasteiger partial charge in [0.25, 0.3) is 0 Å². The number of carbonyl (C=O) groups is 1. The second kappa shape index (κ2) is 4.53. The quantitative estimate of drug-likeness (QED) is 0.467. The smallest absolute Gasteiger partial charge is 0.356 e. The number of thiol groups is 1. The Balaban J connectivity index is 3.06. The van der Waals surface area contributed by atoms with Crippen LogP contribution in [-0.2, 0) is 0 Å². The van der Waals surface area contributed by atoms with Gasteiger partial charge in [0.15, 0.2) is 5.69 Å². The number of hydrogen-bond donors (Lipinski definition) is 3. The van der Waals surface area contributed by atoms with Crippen LogP contribution in [0.25, 0.3) is 0 Å². The Morgan fingerprint density at radius 2 is 2.43 bits per heavy atom. The van der Waals surface area contributed by atoms with Gasteiger partial charge in [0.05, 0.1) is 11.4 Å². The first-order valence-corrected chi connectivity index (χ1v) is 4.37. The molecule has 14 heavy (non-hydrogen) atoms. The molecule has 0 aliphatic carbocycles. The molecule has 1 aromatic rings. The van der Waals surface area contributed by atoms with Crippen molar-refractivity contribution in [1.29, 1.82) is 0 Å². The Hall–Kier alpha value is -1.67. The largest absolute Gasteiger partial charge is 0.476 e. The molecule has 0 aliphatic rings. The van der Waals surface area contributed by atoms with Crippen molar-refractivity contribution in [2.45, 2.75) is 0 Å². The fourth-order valence-corrected chi connectivity index (χ4v) is 0.949. The van der Waals surface area contributed by atoms with Crippen LogP contribution < -0.4 is 5.73 Å². The number of hydrogen-bond acceptors (Lipinski definition) is 4. The molecule has 0 amide bonds. The zero-order valence-corrected chi connectivity index (χ0v) is 8.08. The maximum atomic E-state index is 10.6. The van der Waals surface area contributed by atoms with E-state index >= 15 is 0 Å². The molecule has 3 N–H and O–H groups in total. The van der Waals surface area contributed by atoms with E-state index in [-0.39, 0.29) is 11.4 Å². The number of rotatable bonds is 1. The Kier molecular flexibility index (Phi) is 3.37. The number of nitrogens with two attached hydrogens (primary N) is 1. The van der Waals surface area contributed by atoms with E-state index in [1.165, 1.54) is 12.3 Å². The van der Waals surface area contributed by atoms with E-state index in [1.807, 2.05) is 0 Å². The molecule has 0 bridgehead atoms. The average molecular weight is 208 g/mol. The molecule has 0 fully saturated rings. The first-order valence-electron chi connectivity index (χ1n) is 3.73. The van der Waals surface area contributed by atoms with Gasteiger partial charge in [-0.1, -0.05) is 11.8 Å². The van der Waals surface area contributed by atoms with E-state index in [0.29, 0.717) is 11.3 Å². The second-order valence-electron chi connectivity index (χ2n) is 2.43. The van der Waals surface area contributed by atoms with Gasteiger partial charge in [-0.05, 0) is 6.07 Å². The molecule has 0 unspecified atom stereocenters. The fraction of sp³-hybridized carbons (Fsp3) is 0.111. The number of nitrogen functional groups attached to an aromatic ring is 1. The minimum Gasteiger partial charge on any atom is -0.476 e. The highest BCUT2D eigenvalue weighted by Crippen LogP contribution is 2.09. The van der Waals surface area contributed by atoms with Crippen molar-refractivity contribution in [3.8, 4) is 11.8 Å². The molecule has 0 spiro atoms. The summed E-state index contributed by atoms with van der Waals surface area (Å²) >= 11 is 3.91. The molecular weight excluding hydrogens is 200 g/mol. The van der Waals surface area contributed by atoms with Crippen molar-refractivity contribution in [2.24, 2.45) is 0 Å². The van der Waals surface area contributed by atoms with Gasteiger partial charge in [0, 0.05) is 11.8 Å². The molecule has 0 saturated heterocycles. The summed E-state index contributed by atoms with van der Waals surface area (Å²) in [6, 6.07) is 1.48. The summed E-state index contributed by atoms with van der Waals surface area (Å²) in [7, 11) is 0. The van der Waals surface area contributed by atoms with E-state index in [1.54, 1.807) is 0 Å². The Morgan fingerprint density at radius 1 is 1.71 bits per heavy atom. The van der Waals surface area contributed by atoms with Crippen LogP contribution in [0.5, 0.6) is 0 Å². The van der Waals surface area contributed by atoms with Crippen LogP contribution in [-0.4, -0.2) is 21.8 Å². The lowest BCUT2D eigenvalue weighted by Gasteiger charge is -1.98. The Labute approximate surface area is 86.6 Å². The summed E-state index contributed by atoms with van der Waals surface area (Å²) in [6.07, 6.45) is 1.37. The third-order valence-corrected chi connectivity index (χ3v) is 1.59. The highest BCUT2D eigenvalue weighted by atomic mass is 32.1. The topological polar surface area (TPSA) is 76.2 Å². The molecule has 1 heterocycles. The first-order chi connectivity index (χ1) is 6.65. The van der Waals surface area contributed by atoms with Crippen LogP contribution in [0.4, 0.5) is 5.69 Å². The zero-order chi connectivity index (χ0) is 10.6. The SMILES string of the molecule is Nc1cc(C#CCS)cnc1C(=O)O. The lowest BCUT2D eigenvalue weighted by Crippen LogP contribution is -2.05. The average Bonchev–Trinajstić information content (AvgIpc) is 2.14. The minimum atomic E-state index is -1.14. The molecule has 0 saturated carbocycles. The summed E-state index contributed by atoms with van der Waals surface area (Å²) in [5, 5.41) is 8.64. The van der Waals surface area contributed by atoms with E-state index in [2.05, 4.69) is 29.5 Å². The highest BCUT2D eigenvalue weighted by molar-refractivity contribution is 7.80. The summed E-state index contributed by atoms with van der Waals surface area (Å²) in [5.74, 6) is 4.74. The van der Waals surface area contributed by atoms with Gasteiger partial charge in [0.2, 0.25) is 0 Å². The maximum absolute atomic E-state index is 10.6. The van der Waals surface area contributed by atoms with Crippen LogP contribution in [0, 0.1) is 11.8 Å². The molecule has 0 aliphatic heterocycles. The van der Waals surface area contributed by atoms with E-state index < -0.39 is 5.97 Å². The van der Waals surface area contributed by atoms with Crippen molar-refractivity contribution < 1.29 is 9.90 Å². The number of carboxylic acids is 1. The van der Waals surface area contributed by atoms with Gasteiger partial charge in [-0.15, -0.1) is 0 Å². The van der Waals surface area contributed by atoms with Crippen molar-refractivity contribution >= 4 is 24.3 Å². The molecule has 72 valence electrons. The second-order valence-corrected chi connectivity index (χ2v) is 2.74. The lowest BCUT2D eigenvalue weighted by atomic mass is 10.2. The van der Waals surface area contributed by atoms with Crippen LogP contribution in [0.2, 0.25) is 0 Å². The molecule has 4 nitrogen and oxygen atoms in total. The van der Waals surface area contributed by atoms with Gasteiger partial charge in [-0.25, -0.2) is 9.78 Å². The molecule has 0 aromatic carbocycles. The number of aromatic carboxylic acids is 1. The molecule has 1 rings (SSSR count). The number of aromatic nitrogens is 1. The minimum absolute atomic E-state index is 0.114. The van der Waals surface area contributed by atoms with Crippen molar-refractivity contribution in [3.63, 3.8) is 0 Å². The first kappa shape index (κ1) is 10.4. The number of nitrogens with zero attached hydrogens (tertiary/aromatic N) is 1. The zero-order valence-electron chi connectivity index (χ0n) is 7.19. The normalized spacial score (nSPS) is 8.93. The van der Waals surface area contributed by atoms with E-state index in [4.69, 9.17) is 10.8 Å². The van der Waals surface area contributed by atoms with Crippen LogP contribution in [0.15, 0.2) is 12.3 Å². The molecule has 0 atom stereocenters. The van der Waals surface area contributed by atoms with Crippen LogP contribution in [0.3, 0.4) is 0 Å². The van der Waals surface area contributed by atoms with Gasteiger partial charge in [0.1, 0.15) is 0 Å². The van der Waals surface area contributed by atoms with Crippen LogP contribution in [0.1, 0.15) is 16.1 Å². The predicted octanol–water partition coefficient (Wildman–Crippen LogP) is 0.643. The van der Waals surface area contributed by atoms with Gasteiger partial charge >= 0.3 is 5.97 Å². The summed E-state index contributed by atoms with van der Waals surface area (Å²) in [6.45, 7) is 0. The van der Waals surface area contributed by atoms with Crippen molar-refractivity contribution in [2.75, 3.05) is 11.5 Å². The fourth-order valence-electron chi connectivity index (χ4n) is 0.870. The van der Waals surface area contributed by atoms with Crippen LogP contribution >= 0.6 is 12.6 Å². The predicted molar refractivity (Wildman–Crippen MR) is 56.3 cm³/mol. The highest BCUT2D eigenvalue weighted by Gasteiger charge is 2.08. The third kappa shape index (κ3) is 2.41. The number of anilines is 1. The van der Waals surface area contributed by atoms with E-state index in [0.717, 1.165) is 0 Å². The Morgan fingerprint density at radius 3 is 2.93 bits per heavy atom. The molecule has 1 aromatic heterocycles. The number of pyridine rings is 1. The summed E-state index contributed by atoms with van der Waals surface area (Å²) in [4.78, 5) is 14.2. The van der Waals surface area contributed by atoms with Crippen molar-refractivity contribution in [3.05, 3.63) is 23.5 Å². The molecule has 0 radical (unpaired) electrons.